The molecule has 0 saturated heterocycles. The normalized spacial score (nSPS) is 17.8. The second-order valence-electron chi connectivity index (χ2n) is 11.0. The minimum Gasteiger partial charge on any atom is -0.349 e. The number of benzene rings is 2. The summed E-state index contributed by atoms with van der Waals surface area (Å²) in [4.78, 5) is 31.4. The van der Waals surface area contributed by atoms with Crippen LogP contribution in [0.3, 0.4) is 0 Å². The molecule has 0 aliphatic heterocycles. The molecule has 1 saturated carbocycles. The summed E-state index contributed by atoms with van der Waals surface area (Å²) >= 11 is 0. The van der Waals surface area contributed by atoms with E-state index in [0.29, 0.717) is 18.2 Å². The Bertz CT molecular complexity index is 1220. The fraction of sp³-hybridized carbons (Fsp3) is 0.387. The van der Waals surface area contributed by atoms with Crippen molar-refractivity contribution in [3.05, 3.63) is 72.4 Å². The maximum absolute atomic E-state index is 12.9. The van der Waals surface area contributed by atoms with Crippen LogP contribution in [0, 0.1) is 11.8 Å². The molecule has 1 fully saturated rings. The number of pyridine rings is 1. The lowest BCUT2D eigenvalue weighted by atomic mass is 9.80. The van der Waals surface area contributed by atoms with Crippen molar-refractivity contribution in [2.75, 3.05) is 19.4 Å². The number of nitrogens with zero attached hydrogens (tertiary/aromatic N) is 2. The molecular weight excluding hydrogens is 460 g/mol. The van der Waals surface area contributed by atoms with Crippen LogP contribution in [-0.4, -0.2) is 35.8 Å². The van der Waals surface area contributed by atoms with E-state index in [-0.39, 0.29) is 17.7 Å². The van der Waals surface area contributed by atoms with E-state index in [0.717, 1.165) is 53.5 Å². The van der Waals surface area contributed by atoms with Gasteiger partial charge in [0.25, 0.3) is 0 Å². The molecule has 4 rings (SSSR count). The Balaban J connectivity index is 1.49. The Hall–Kier alpha value is -3.51. The minimum atomic E-state index is -0.408. The van der Waals surface area contributed by atoms with Gasteiger partial charge in [0.1, 0.15) is 5.82 Å². The quantitative estimate of drug-likeness (QED) is 0.429. The topological polar surface area (TPSA) is 88.3 Å². The summed E-state index contributed by atoms with van der Waals surface area (Å²) in [6.07, 6.45) is 5.77. The van der Waals surface area contributed by atoms with Crippen molar-refractivity contribution in [3.63, 3.8) is 0 Å². The molecule has 0 spiro atoms. The molecule has 1 heterocycles. The second kappa shape index (κ2) is 11.3. The Morgan fingerprint density at radius 3 is 2.16 bits per heavy atom. The van der Waals surface area contributed by atoms with Gasteiger partial charge in [0.05, 0.1) is 0 Å². The smallest absolute Gasteiger partial charge is 0.225 e. The predicted molar refractivity (Wildman–Crippen MR) is 150 cm³/mol. The summed E-state index contributed by atoms with van der Waals surface area (Å²) in [5.74, 6) is 1.09. The number of hydrogen-bond donors (Lipinski definition) is 2. The molecule has 1 aromatic heterocycles. The highest BCUT2D eigenvalue weighted by molar-refractivity contribution is 5.92. The molecule has 0 unspecified atom stereocenters. The maximum Gasteiger partial charge on any atom is 0.225 e. The van der Waals surface area contributed by atoms with Crippen molar-refractivity contribution in [2.45, 2.75) is 51.5 Å². The molecule has 6 heteroatoms. The van der Waals surface area contributed by atoms with E-state index < -0.39 is 5.54 Å². The van der Waals surface area contributed by atoms with Gasteiger partial charge in [0, 0.05) is 43.7 Å². The molecule has 2 aromatic carbocycles. The summed E-state index contributed by atoms with van der Waals surface area (Å²) < 4.78 is 0. The molecule has 3 N–H and O–H groups in total. The Morgan fingerprint density at radius 2 is 1.57 bits per heavy atom. The van der Waals surface area contributed by atoms with Crippen molar-refractivity contribution in [2.24, 2.45) is 17.6 Å². The second-order valence-corrected chi connectivity index (χ2v) is 11.0. The molecular formula is C31H38N4O2. The number of carbonyl (C=O) groups is 2. The van der Waals surface area contributed by atoms with Gasteiger partial charge in [-0.3, -0.25) is 9.59 Å². The summed E-state index contributed by atoms with van der Waals surface area (Å²) in [6, 6.07) is 20.4. The van der Waals surface area contributed by atoms with Gasteiger partial charge in [-0.05, 0) is 73.8 Å². The van der Waals surface area contributed by atoms with E-state index in [1.54, 1.807) is 19.0 Å². The number of aromatic nitrogens is 1. The van der Waals surface area contributed by atoms with Crippen molar-refractivity contribution >= 4 is 17.6 Å². The zero-order valence-corrected chi connectivity index (χ0v) is 22.3. The molecule has 3 aromatic rings. The predicted octanol–water partition coefficient (Wildman–Crippen LogP) is 5.83. The largest absolute Gasteiger partial charge is 0.349 e. The first-order valence-electron chi connectivity index (χ1n) is 13.1. The number of carbonyl (C=O) groups excluding carboxylic acids is 2. The lowest BCUT2D eigenvalue weighted by Crippen LogP contribution is -2.32. The monoisotopic (exact) mass is 498 g/mol. The van der Waals surface area contributed by atoms with E-state index >= 15 is 0 Å². The van der Waals surface area contributed by atoms with Gasteiger partial charge in [-0.2, -0.15) is 0 Å². The summed E-state index contributed by atoms with van der Waals surface area (Å²) in [7, 11) is 3.61. The third kappa shape index (κ3) is 6.63. The summed E-state index contributed by atoms with van der Waals surface area (Å²) in [5.41, 5.74) is 11.0. The van der Waals surface area contributed by atoms with Gasteiger partial charge >= 0.3 is 0 Å². The molecule has 2 amide bonds. The number of hydrogen-bond acceptors (Lipinski definition) is 4. The lowest BCUT2D eigenvalue weighted by molar-refractivity contribution is -0.134. The van der Waals surface area contributed by atoms with Crippen molar-refractivity contribution in [3.8, 4) is 22.3 Å². The number of nitrogens with one attached hydrogen (secondary N) is 1. The molecule has 194 valence electrons. The van der Waals surface area contributed by atoms with Crippen molar-refractivity contribution < 1.29 is 9.59 Å². The van der Waals surface area contributed by atoms with Crippen LogP contribution in [-0.2, 0) is 15.1 Å². The zero-order chi connectivity index (χ0) is 26.6. The summed E-state index contributed by atoms with van der Waals surface area (Å²) in [6.45, 7) is 3.98. The van der Waals surface area contributed by atoms with Gasteiger partial charge in [-0.25, -0.2) is 4.98 Å². The number of amides is 2. The van der Waals surface area contributed by atoms with Crippen LogP contribution in [0.5, 0.6) is 0 Å². The highest BCUT2D eigenvalue weighted by atomic mass is 16.2. The van der Waals surface area contributed by atoms with Crippen LogP contribution in [0.25, 0.3) is 22.3 Å². The maximum atomic E-state index is 12.9. The standard InChI is InChI=1S/C31H38N4O2/c1-31(2,32)25-16-14-23(15-17-25)27-20-33-28(19-26(27)22-8-6-5-7-9-22)34-29(36)18-21-10-12-24(13-11-21)30(37)35(3)4/h5-9,14-17,19-21,24H,10-13,18,32H2,1-4H3,(H,33,34,36)/t21-,24-. The minimum absolute atomic E-state index is 0.0313. The van der Waals surface area contributed by atoms with Gasteiger partial charge in [0.15, 0.2) is 0 Å². The fourth-order valence-corrected chi connectivity index (χ4v) is 5.12. The average Bonchev–Trinajstić information content (AvgIpc) is 2.88. The molecule has 0 atom stereocenters. The Kier molecular flexibility index (Phi) is 8.08. The van der Waals surface area contributed by atoms with Crippen LogP contribution >= 0.6 is 0 Å². The van der Waals surface area contributed by atoms with Gasteiger partial charge < -0.3 is 16.0 Å². The van der Waals surface area contributed by atoms with E-state index in [2.05, 4.69) is 46.7 Å². The van der Waals surface area contributed by atoms with Crippen LogP contribution < -0.4 is 11.1 Å². The Morgan fingerprint density at radius 1 is 0.946 bits per heavy atom. The molecule has 37 heavy (non-hydrogen) atoms. The fourth-order valence-electron chi connectivity index (χ4n) is 5.12. The molecule has 0 radical (unpaired) electrons. The van der Waals surface area contributed by atoms with Crippen LogP contribution in [0.15, 0.2) is 66.9 Å². The highest BCUT2D eigenvalue weighted by Gasteiger charge is 2.28. The van der Waals surface area contributed by atoms with E-state index in [4.69, 9.17) is 5.73 Å². The first-order chi connectivity index (χ1) is 17.6. The van der Waals surface area contributed by atoms with Gasteiger partial charge in [0.2, 0.25) is 11.8 Å². The zero-order valence-electron chi connectivity index (χ0n) is 22.3. The molecule has 0 bridgehead atoms. The third-order valence-electron chi connectivity index (χ3n) is 7.31. The van der Waals surface area contributed by atoms with Crippen molar-refractivity contribution in [1.29, 1.82) is 0 Å². The van der Waals surface area contributed by atoms with Crippen LogP contribution in [0.4, 0.5) is 5.82 Å². The van der Waals surface area contributed by atoms with Gasteiger partial charge in [-0.15, -0.1) is 0 Å². The highest BCUT2D eigenvalue weighted by Crippen LogP contribution is 2.35. The van der Waals surface area contributed by atoms with E-state index in [1.807, 2.05) is 44.3 Å². The van der Waals surface area contributed by atoms with Crippen LogP contribution in [0.2, 0.25) is 0 Å². The number of rotatable bonds is 7. The molecule has 1 aliphatic carbocycles. The van der Waals surface area contributed by atoms with E-state index in [1.165, 1.54) is 0 Å². The number of nitrogens with two attached hydrogens (primary N) is 1. The lowest BCUT2D eigenvalue weighted by Gasteiger charge is -2.29. The van der Waals surface area contributed by atoms with E-state index in [9.17, 15) is 9.59 Å². The summed E-state index contributed by atoms with van der Waals surface area (Å²) in [5, 5.41) is 3.02. The van der Waals surface area contributed by atoms with Crippen LogP contribution in [0.1, 0.15) is 51.5 Å². The third-order valence-corrected chi connectivity index (χ3v) is 7.31. The first-order valence-corrected chi connectivity index (χ1v) is 13.1. The molecule has 6 nitrogen and oxygen atoms in total. The number of anilines is 1. The Labute approximate surface area is 220 Å². The SMILES string of the molecule is CN(C)C(=O)[C@H]1CC[C@H](CC(=O)Nc2cc(-c3ccccc3)c(-c3ccc(C(C)(C)N)cc3)cn2)CC1. The van der Waals surface area contributed by atoms with Crippen molar-refractivity contribution in [1.82, 2.24) is 9.88 Å². The average molecular weight is 499 g/mol. The molecule has 1 aliphatic rings. The first kappa shape index (κ1) is 26.6. The van der Waals surface area contributed by atoms with Gasteiger partial charge in [-0.1, -0.05) is 54.6 Å².